The first kappa shape index (κ1) is 31.1. The number of aliphatic hydroxyl groups is 1. The maximum absolute atomic E-state index is 14.0. The summed E-state index contributed by atoms with van der Waals surface area (Å²) in [5.74, 6) is -2.71. The first-order valence-corrected chi connectivity index (χ1v) is 14.9. The predicted molar refractivity (Wildman–Crippen MR) is 153 cm³/mol. The molecule has 3 N–H and O–H groups in total. The molecule has 0 bridgehead atoms. The van der Waals surface area contributed by atoms with Crippen LogP contribution in [0, 0.1) is 23.5 Å². The van der Waals surface area contributed by atoms with Gasteiger partial charge in [-0.3, -0.25) is 9.59 Å². The van der Waals surface area contributed by atoms with E-state index in [0.717, 1.165) is 30.9 Å². The minimum absolute atomic E-state index is 0.000571. The first-order valence-electron chi connectivity index (χ1n) is 14.9. The van der Waals surface area contributed by atoms with Gasteiger partial charge in [0, 0.05) is 31.7 Å². The van der Waals surface area contributed by atoms with Gasteiger partial charge < -0.3 is 25.4 Å². The lowest BCUT2D eigenvalue weighted by Gasteiger charge is -2.30. The summed E-state index contributed by atoms with van der Waals surface area (Å²) < 4.78 is 34.1. The topological polar surface area (TPSA) is 90.9 Å². The summed E-state index contributed by atoms with van der Waals surface area (Å²) in [6.45, 7) is 5.98. The number of nitrogens with one attached hydrogen (secondary N) is 2. The van der Waals surface area contributed by atoms with Crippen molar-refractivity contribution < 1.29 is 28.2 Å². The number of carbonyl (C=O) groups excluding carboxylic acids is 2. The second kappa shape index (κ2) is 14.8. The van der Waals surface area contributed by atoms with Gasteiger partial charge in [0.2, 0.25) is 11.8 Å². The number of nitrogens with zero attached hydrogens (tertiary/aromatic N) is 1. The Morgan fingerprint density at radius 3 is 2.54 bits per heavy atom. The smallest absolute Gasteiger partial charge is 0.226 e. The van der Waals surface area contributed by atoms with Crippen LogP contribution in [-0.2, 0) is 27.4 Å². The van der Waals surface area contributed by atoms with Crippen molar-refractivity contribution in [1.82, 2.24) is 15.5 Å². The third kappa shape index (κ3) is 8.33. The normalized spacial score (nSPS) is 24.0. The highest BCUT2D eigenvalue weighted by Crippen LogP contribution is 2.30. The third-order valence-electron chi connectivity index (χ3n) is 8.23. The maximum atomic E-state index is 14.0. The molecule has 0 unspecified atom stereocenters. The standard InChI is InChI=1S/C32H43F2N3O4/c1-3-5-12-37-19-27(26(9-4-2)32(37)40)31(39)36-29(15-22-13-23(33)16-24(34)14-22)30(38)28-17-25(18-35-28)41-20-21-10-7-6-8-11-21/h6-8,10-11,13-14,16,25-30,35,38H,3-5,9,12,15,17-20H2,1-2H3,(H,36,39)/t25-,26+,27-,28-,29+,30-/m1/s1. The van der Waals surface area contributed by atoms with Crippen LogP contribution in [0.5, 0.6) is 0 Å². The highest BCUT2D eigenvalue weighted by molar-refractivity contribution is 5.91. The number of benzene rings is 2. The number of hydrogen-bond donors (Lipinski definition) is 3. The molecule has 6 atom stereocenters. The fraction of sp³-hybridized carbons (Fsp3) is 0.562. The van der Waals surface area contributed by atoms with Crippen LogP contribution in [0.1, 0.15) is 57.1 Å². The van der Waals surface area contributed by atoms with Crippen molar-refractivity contribution in [3.63, 3.8) is 0 Å². The van der Waals surface area contributed by atoms with Gasteiger partial charge in [0.15, 0.2) is 0 Å². The molecule has 7 nitrogen and oxygen atoms in total. The van der Waals surface area contributed by atoms with Crippen molar-refractivity contribution >= 4 is 11.8 Å². The molecule has 41 heavy (non-hydrogen) atoms. The molecule has 224 valence electrons. The summed E-state index contributed by atoms with van der Waals surface area (Å²) in [6.07, 6.45) is 2.56. The Balaban J connectivity index is 1.47. The van der Waals surface area contributed by atoms with E-state index in [9.17, 15) is 23.5 Å². The Labute approximate surface area is 241 Å². The largest absolute Gasteiger partial charge is 0.389 e. The van der Waals surface area contributed by atoms with Crippen LogP contribution in [0.3, 0.4) is 0 Å². The number of aliphatic hydroxyl groups excluding tert-OH is 1. The molecule has 2 aliphatic rings. The molecule has 0 radical (unpaired) electrons. The third-order valence-corrected chi connectivity index (χ3v) is 8.23. The Morgan fingerprint density at radius 2 is 1.85 bits per heavy atom. The van der Waals surface area contributed by atoms with Crippen molar-refractivity contribution in [1.29, 1.82) is 0 Å². The average Bonchev–Trinajstić information content (AvgIpc) is 3.55. The molecule has 4 rings (SSSR count). The van der Waals surface area contributed by atoms with Crippen molar-refractivity contribution in [2.75, 3.05) is 19.6 Å². The molecule has 9 heteroatoms. The van der Waals surface area contributed by atoms with E-state index in [-0.39, 0.29) is 24.3 Å². The van der Waals surface area contributed by atoms with Gasteiger partial charge in [-0.2, -0.15) is 0 Å². The number of ether oxygens (including phenoxy) is 1. The van der Waals surface area contributed by atoms with Crippen LogP contribution in [0.2, 0.25) is 0 Å². The molecular formula is C32H43F2N3O4. The summed E-state index contributed by atoms with van der Waals surface area (Å²) >= 11 is 0. The summed E-state index contributed by atoms with van der Waals surface area (Å²) in [7, 11) is 0. The molecule has 2 heterocycles. The minimum atomic E-state index is -1.05. The molecule has 0 aromatic heterocycles. The Hall–Kier alpha value is -2.88. The van der Waals surface area contributed by atoms with E-state index < -0.39 is 41.7 Å². The lowest BCUT2D eigenvalue weighted by molar-refractivity contribution is -0.134. The van der Waals surface area contributed by atoms with Crippen molar-refractivity contribution in [3.05, 3.63) is 71.3 Å². The predicted octanol–water partition coefficient (Wildman–Crippen LogP) is 3.98. The zero-order valence-electron chi connectivity index (χ0n) is 24.0. The molecular weight excluding hydrogens is 528 g/mol. The Kier molecular flexibility index (Phi) is 11.2. The molecule has 0 aliphatic carbocycles. The number of hydrogen-bond acceptors (Lipinski definition) is 5. The van der Waals surface area contributed by atoms with Crippen LogP contribution in [0.25, 0.3) is 0 Å². The zero-order valence-corrected chi connectivity index (χ0v) is 24.0. The Morgan fingerprint density at radius 1 is 1.12 bits per heavy atom. The molecule has 0 saturated carbocycles. The van der Waals surface area contributed by atoms with Crippen molar-refractivity contribution in [3.8, 4) is 0 Å². The fourth-order valence-electron chi connectivity index (χ4n) is 6.03. The van der Waals surface area contributed by atoms with Gasteiger partial charge >= 0.3 is 0 Å². The van der Waals surface area contributed by atoms with Crippen LogP contribution in [-0.4, -0.2) is 65.7 Å². The van der Waals surface area contributed by atoms with Gasteiger partial charge in [0.05, 0.1) is 36.7 Å². The van der Waals surface area contributed by atoms with Gasteiger partial charge in [-0.05, 0) is 48.9 Å². The molecule has 0 spiro atoms. The van der Waals surface area contributed by atoms with Gasteiger partial charge in [-0.25, -0.2) is 8.78 Å². The molecule has 2 aromatic rings. The summed E-state index contributed by atoms with van der Waals surface area (Å²) in [5.41, 5.74) is 1.38. The van der Waals surface area contributed by atoms with Crippen LogP contribution >= 0.6 is 0 Å². The average molecular weight is 572 g/mol. The maximum Gasteiger partial charge on any atom is 0.226 e. The van der Waals surface area contributed by atoms with E-state index in [1.807, 2.05) is 37.3 Å². The van der Waals surface area contributed by atoms with E-state index in [1.165, 1.54) is 12.1 Å². The highest BCUT2D eigenvalue weighted by atomic mass is 19.1. The van der Waals surface area contributed by atoms with Crippen LogP contribution in [0.4, 0.5) is 8.78 Å². The SMILES string of the molecule is CCCCN1C[C@@H](C(=O)N[C@@H](Cc2cc(F)cc(F)c2)[C@H](O)[C@H]2C[C@@H](OCc3ccccc3)CN2)[C@H](CCC)C1=O. The van der Waals surface area contributed by atoms with Crippen molar-refractivity contribution in [2.24, 2.45) is 11.8 Å². The number of carbonyl (C=O) groups is 2. The van der Waals surface area contributed by atoms with Gasteiger partial charge in [0.1, 0.15) is 11.6 Å². The Bertz CT molecular complexity index is 1130. The van der Waals surface area contributed by atoms with Gasteiger partial charge in [-0.1, -0.05) is 57.0 Å². The molecule has 2 saturated heterocycles. The van der Waals surface area contributed by atoms with Gasteiger partial charge in [-0.15, -0.1) is 0 Å². The van der Waals surface area contributed by atoms with E-state index in [2.05, 4.69) is 17.6 Å². The minimum Gasteiger partial charge on any atom is -0.389 e. The number of rotatable bonds is 14. The highest BCUT2D eigenvalue weighted by Gasteiger charge is 2.44. The molecule has 2 fully saturated rings. The number of amides is 2. The summed E-state index contributed by atoms with van der Waals surface area (Å²) in [6, 6.07) is 11.8. The van der Waals surface area contributed by atoms with Crippen LogP contribution < -0.4 is 10.6 Å². The second-order valence-corrected chi connectivity index (χ2v) is 11.4. The second-order valence-electron chi connectivity index (χ2n) is 11.4. The summed E-state index contributed by atoms with van der Waals surface area (Å²) in [4.78, 5) is 28.6. The van der Waals surface area contributed by atoms with Gasteiger partial charge in [0.25, 0.3) is 0 Å². The quantitative estimate of drug-likeness (QED) is 0.319. The van der Waals surface area contributed by atoms with E-state index in [4.69, 9.17) is 4.74 Å². The lowest BCUT2D eigenvalue weighted by atomic mass is 9.89. The van der Waals surface area contributed by atoms with Crippen LogP contribution in [0.15, 0.2) is 48.5 Å². The summed E-state index contributed by atoms with van der Waals surface area (Å²) in [5, 5.41) is 17.8. The molecule has 2 aliphatic heterocycles. The number of likely N-dealkylation sites (tertiary alicyclic amines) is 1. The molecule has 2 aromatic carbocycles. The van der Waals surface area contributed by atoms with E-state index in [0.29, 0.717) is 44.6 Å². The monoisotopic (exact) mass is 571 g/mol. The number of unbranched alkanes of at least 4 members (excludes halogenated alkanes) is 1. The number of halogens is 2. The van der Waals surface area contributed by atoms with Crippen molar-refractivity contribution in [2.45, 2.75) is 83.3 Å². The lowest BCUT2D eigenvalue weighted by Crippen LogP contribution is -2.54. The van der Waals surface area contributed by atoms with E-state index >= 15 is 0 Å². The zero-order chi connectivity index (χ0) is 29.4. The molecule has 2 amide bonds. The fourth-order valence-corrected chi connectivity index (χ4v) is 6.03. The first-order chi connectivity index (χ1) is 19.8. The van der Waals surface area contributed by atoms with E-state index in [1.54, 1.807) is 4.90 Å².